The van der Waals surface area contributed by atoms with E-state index in [0.717, 1.165) is 11.3 Å². The quantitative estimate of drug-likeness (QED) is 0.612. The molecule has 0 saturated heterocycles. The van der Waals surface area contributed by atoms with Crippen molar-refractivity contribution in [2.24, 2.45) is 0 Å². The van der Waals surface area contributed by atoms with Crippen LogP contribution >= 0.6 is 11.3 Å². The molecule has 3 rings (SSSR count). The highest BCUT2D eigenvalue weighted by molar-refractivity contribution is 7.08. The van der Waals surface area contributed by atoms with E-state index in [0.29, 0.717) is 31.1 Å². The van der Waals surface area contributed by atoms with Crippen LogP contribution in [0.15, 0.2) is 64.3 Å². The standard InChI is InChI=1S/C18H17N3O2S/c1-2-11-21(15-6-4-3-5-7-15)17(22)9-8-16-19-18(20-23-16)14-10-12-24-13-14/h2-7,10,12-13H,1,8-9,11H2. The molecule has 2 aromatic heterocycles. The molecule has 0 bridgehead atoms. The van der Waals surface area contributed by atoms with E-state index in [1.54, 1.807) is 22.3 Å². The van der Waals surface area contributed by atoms with Crippen LogP contribution in [-0.2, 0) is 11.2 Å². The third-order valence-corrected chi connectivity index (χ3v) is 4.16. The highest BCUT2D eigenvalue weighted by atomic mass is 32.1. The maximum absolute atomic E-state index is 12.5. The Morgan fingerprint density at radius 3 is 2.83 bits per heavy atom. The number of carbonyl (C=O) groups excluding carboxylic acids is 1. The first-order valence-corrected chi connectivity index (χ1v) is 8.53. The predicted molar refractivity (Wildman–Crippen MR) is 94.9 cm³/mol. The zero-order valence-electron chi connectivity index (χ0n) is 13.1. The van der Waals surface area contributed by atoms with Crippen LogP contribution in [-0.4, -0.2) is 22.6 Å². The van der Waals surface area contributed by atoms with Crippen LogP contribution in [0.2, 0.25) is 0 Å². The van der Waals surface area contributed by atoms with Crippen molar-refractivity contribution < 1.29 is 9.32 Å². The van der Waals surface area contributed by atoms with Gasteiger partial charge < -0.3 is 9.42 Å². The molecule has 1 aromatic carbocycles. The molecular weight excluding hydrogens is 322 g/mol. The summed E-state index contributed by atoms with van der Waals surface area (Å²) < 4.78 is 5.24. The summed E-state index contributed by atoms with van der Waals surface area (Å²) in [5.41, 5.74) is 1.78. The van der Waals surface area contributed by atoms with Crippen molar-refractivity contribution in [3.63, 3.8) is 0 Å². The van der Waals surface area contributed by atoms with Crippen molar-refractivity contribution in [2.75, 3.05) is 11.4 Å². The van der Waals surface area contributed by atoms with Crippen LogP contribution < -0.4 is 4.90 Å². The molecule has 0 spiro atoms. The van der Waals surface area contributed by atoms with Crippen LogP contribution in [0.5, 0.6) is 0 Å². The summed E-state index contributed by atoms with van der Waals surface area (Å²) in [6.45, 7) is 4.19. The minimum atomic E-state index is -0.00335. The molecule has 5 nitrogen and oxygen atoms in total. The molecule has 0 unspecified atom stereocenters. The van der Waals surface area contributed by atoms with E-state index in [1.807, 2.05) is 47.2 Å². The van der Waals surface area contributed by atoms with Crippen molar-refractivity contribution in [3.8, 4) is 11.4 Å². The molecule has 3 aromatic rings. The number of para-hydroxylation sites is 1. The maximum Gasteiger partial charge on any atom is 0.227 e. The molecule has 0 fully saturated rings. The Balaban J connectivity index is 1.64. The van der Waals surface area contributed by atoms with Gasteiger partial charge in [0.25, 0.3) is 0 Å². The molecule has 0 aliphatic rings. The zero-order chi connectivity index (χ0) is 16.8. The second-order valence-corrected chi connectivity index (χ2v) is 5.93. The Morgan fingerprint density at radius 1 is 1.29 bits per heavy atom. The molecule has 0 N–H and O–H groups in total. The smallest absolute Gasteiger partial charge is 0.227 e. The summed E-state index contributed by atoms with van der Waals surface area (Å²) in [5, 5.41) is 7.87. The summed E-state index contributed by atoms with van der Waals surface area (Å²) in [4.78, 5) is 18.6. The van der Waals surface area contributed by atoms with Crippen LogP contribution in [0.1, 0.15) is 12.3 Å². The Morgan fingerprint density at radius 2 is 2.12 bits per heavy atom. The van der Waals surface area contributed by atoms with Crippen molar-refractivity contribution >= 4 is 22.9 Å². The number of benzene rings is 1. The van der Waals surface area contributed by atoms with E-state index in [-0.39, 0.29) is 5.91 Å². The highest BCUT2D eigenvalue weighted by Gasteiger charge is 2.16. The lowest BCUT2D eigenvalue weighted by molar-refractivity contribution is -0.118. The van der Waals surface area contributed by atoms with Crippen molar-refractivity contribution in [3.05, 3.63) is 65.7 Å². The van der Waals surface area contributed by atoms with Crippen molar-refractivity contribution in [2.45, 2.75) is 12.8 Å². The van der Waals surface area contributed by atoms with Gasteiger partial charge in [0.2, 0.25) is 17.6 Å². The summed E-state index contributed by atoms with van der Waals surface area (Å²) >= 11 is 1.58. The molecular formula is C18H17N3O2S. The lowest BCUT2D eigenvalue weighted by Crippen LogP contribution is -2.31. The summed E-state index contributed by atoms with van der Waals surface area (Å²) in [7, 11) is 0. The summed E-state index contributed by atoms with van der Waals surface area (Å²) in [5.74, 6) is 1.03. The Bertz CT molecular complexity index is 797. The topological polar surface area (TPSA) is 59.2 Å². The normalized spacial score (nSPS) is 10.5. The average Bonchev–Trinajstić information content (AvgIpc) is 3.29. The second kappa shape index (κ2) is 7.70. The van der Waals surface area contributed by atoms with E-state index in [1.165, 1.54) is 0 Å². The maximum atomic E-state index is 12.5. The van der Waals surface area contributed by atoms with Gasteiger partial charge in [0, 0.05) is 36.0 Å². The number of amides is 1. The van der Waals surface area contributed by atoms with Gasteiger partial charge in [-0.15, -0.1) is 6.58 Å². The van der Waals surface area contributed by atoms with Gasteiger partial charge in [0.15, 0.2) is 0 Å². The number of rotatable bonds is 7. The van der Waals surface area contributed by atoms with Crippen molar-refractivity contribution in [1.82, 2.24) is 10.1 Å². The van der Waals surface area contributed by atoms with Gasteiger partial charge in [-0.2, -0.15) is 16.3 Å². The fraction of sp³-hybridized carbons (Fsp3) is 0.167. The molecule has 6 heteroatoms. The first kappa shape index (κ1) is 16.1. The third-order valence-electron chi connectivity index (χ3n) is 3.48. The van der Waals surface area contributed by atoms with E-state index in [9.17, 15) is 4.79 Å². The number of aromatic nitrogens is 2. The van der Waals surface area contributed by atoms with Crippen LogP contribution in [0.4, 0.5) is 5.69 Å². The summed E-state index contributed by atoms with van der Waals surface area (Å²) in [6.07, 6.45) is 2.43. The average molecular weight is 339 g/mol. The Labute approximate surface area is 144 Å². The Hall–Kier alpha value is -2.73. The van der Waals surface area contributed by atoms with E-state index >= 15 is 0 Å². The molecule has 0 aliphatic carbocycles. The fourth-order valence-corrected chi connectivity index (χ4v) is 2.94. The van der Waals surface area contributed by atoms with E-state index in [4.69, 9.17) is 4.52 Å². The molecule has 0 saturated carbocycles. The molecule has 0 aliphatic heterocycles. The monoisotopic (exact) mass is 339 g/mol. The number of hydrogen-bond acceptors (Lipinski definition) is 5. The molecule has 0 radical (unpaired) electrons. The first-order chi connectivity index (χ1) is 11.8. The van der Waals surface area contributed by atoms with Gasteiger partial charge in [0.05, 0.1) is 0 Å². The second-order valence-electron chi connectivity index (χ2n) is 5.15. The number of aryl methyl sites for hydroxylation is 1. The number of anilines is 1. The van der Waals surface area contributed by atoms with Crippen LogP contribution in [0.3, 0.4) is 0 Å². The number of thiophene rings is 1. The van der Waals surface area contributed by atoms with Gasteiger partial charge in [-0.25, -0.2) is 0 Å². The van der Waals surface area contributed by atoms with Gasteiger partial charge in [-0.3, -0.25) is 4.79 Å². The minimum Gasteiger partial charge on any atom is -0.339 e. The number of nitrogens with zero attached hydrogens (tertiary/aromatic N) is 3. The largest absolute Gasteiger partial charge is 0.339 e. The first-order valence-electron chi connectivity index (χ1n) is 7.59. The molecule has 24 heavy (non-hydrogen) atoms. The van der Waals surface area contributed by atoms with Crippen LogP contribution in [0, 0.1) is 0 Å². The number of carbonyl (C=O) groups is 1. The van der Waals surface area contributed by atoms with Crippen molar-refractivity contribution in [1.29, 1.82) is 0 Å². The lowest BCUT2D eigenvalue weighted by Gasteiger charge is -2.20. The molecule has 1 amide bonds. The fourth-order valence-electron chi connectivity index (χ4n) is 2.30. The number of hydrogen-bond donors (Lipinski definition) is 0. The lowest BCUT2D eigenvalue weighted by atomic mass is 10.2. The molecule has 2 heterocycles. The SMILES string of the molecule is C=CCN(C(=O)CCc1nc(-c2ccsc2)no1)c1ccccc1. The van der Waals surface area contributed by atoms with Gasteiger partial charge >= 0.3 is 0 Å². The Kier molecular flexibility index (Phi) is 5.18. The minimum absolute atomic E-state index is 0.00335. The van der Waals surface area contributed by atoms with Crippen LogP contribution in [0.25, 0.3) is 11.4 Å². The van der Waals surface area contributed by atoms with E-state index < -0.39 is 0 Å². The third kappa shape index (κ3) is 3.78. The van der Waals surface area contributed by atoms with E-state index in [2.05, 4.69) is 16.7 Å². The zero-order valence-corrected chi connectivity index (χ0v) is 13.9. The molecule has 0 atom stereocenters. The summed E-state index contributed by atoms with van der Waals surface area (Å²) in [6, 6.07) is 11.5. The highest BCUT2D eigenvalue weighted by Crippen LogP contribution is 2.20. The van der Waals surface area contributed by atoms with Gasteiger partial charge in [0.1, 0.15) is 0 Å². The molecule has 122 valence electrons. The predicted octanol–water partition coefficient (Wildman–Crippen LogP) is 3.95. The van der Waals surface area contributed by atoms with Gasteiger partial charge in [-0.05, 0) is 23.6 Å². The van der Waals surface area contributed by atoms with Gasteiger partial charge in [-0.1, -0.05) is 29.4 Å².